The number of ether oxygens (including phenoxy) is 2. The van der Waals surface area contributed by atoms with Crippen LogP contribution in [0.2, 0.25) is 0 Å². The summed E-state index contributed by atoms with van der Waals surface area (Å²) < 4.78 is 11.0. The van der Waals surface area contributed by atoms with Gasteiger partial charge in [-0.2, -0.15) is 0 Å². The highest BCUT2D eigenvalue weighted by Crippen LogP contribution is 2.17. The first-order chi connectivity index (χ1) is 12.3. The molecule has 0 aromatic heterocycles. The number of nitrogens with one attached hydrogen (secondary N) is 2. The first-order valence-electron chi connectivity index (χ1n) is 9.07. The summed E-state index contributed by atoms with van der Waals surface area (Å²) in [5, 5.41) is 6.68. The molecule has 1 atom stereocenters. The van der Waals surface area contributed by atoms with Crippen molar-refractivity contribution >= 4 is 17.7 Å². The van der Waals surface area contributed by atoms with Gasteiger partial charge in [-0.1, -0.05) is 17.7 Å². The summed E-state index contributed by atoms with van der Waals surface area (Å²) in [6.07, 6.45) is 2.11. The van der Waals surface area contributed by atoms with E-state index in [-0.39, 0.29) is 0 Å². The molecule has 2 rings (SSSR count). The van der Waals surface area contributed by atoms with Crippen LogP contribution in [0.1, 0.15) is 18.4 Å². The Morgan fingerprint density at radius 3 is 2.80 bits per heavy atom. The van der Waals surface area contributed by atoms with Gasteiger partial charge in [0, 0.05) is 49.9 Å². The average molecular weight is 366 g/mol. The zero-order valence-corrected chi connectivity index (χ0v) is 16.2. The number of benzene rings is 1. The highest BCUT2D eigenvalue weighted by Gasteiger charge is 2.15. The van der Waals surface area contributed by atoms with E-state index < -0.39 is 0 Å². The molecule has 1 saturated heterocycles. The molecule has 1 fully saturated rings. The van der Waals surface area contributed by atoms with Gasteiger partial charge < -0.3 is 20.1 Å². The van der Waals surface area contributed by atoms with Crippen molar-refractivity contribution in [3.05, 3.63) is 29.8 Å². The van der Waals surface area contributed by atoms with Crippen molar-refractivity contribution in [2.24, 2.45) is 10.9 Å². The number of aryl methyl sites for hydroxylation is 1. The second kappa shape index (κ2) is 12.2. The van der Waals surface area contributed by atoms with E-state index >= 15 is 0 Å². The van der Waals surface area contributed by atoms with E-state index in [0.29, 0.717) is 5.92 Å². The number of aliphatic imine (C=N–C) groups is 1. The van der Waals surface area contributed by atoms with E-state index in [4.69, 9.17) is 9.47 Å². The van der Waals surface area contributed by atoms with Gasteiger partial charge in [-0.3, -0.25) is 4.99 Å². The van der Waals surface area contributed by atoms with Crippen LogP contribution in [-0.4, -0.2) is 58.3 Å². The third-order valence-electron chi connectivity index (χ3n) is 4.04. The summed E-state index contributed by atoms with van der Waals surface area (Å²) in [7, 11) is 1.80. The van der Waals surface area contributed by atoms with Crippen molar-refractivity contribution in [3.8, 4) is 0 Å². The van der Waals surface area contributed by atoms with Gasteiger partial charge >= 0.3 is 0 Å². The van der Waals surface area contributed by atoms with Crippen molar-refractivity contribution in [2.45, 2.75) is 24.7 Å². The van der Waals surface area contributed by atoms with Crippen molar-refractivity contribution in [1.29, 1.82) is 0 Å². The van der Waals surface area contributed by atoms with E-state index in [1.165, 1.54) is 10.5 Å². The lowest BCUT2D eigenvalue weighted by atomic mass is 10.1. The minimum absolute atomic E-state index is 0.591. The van der Waals surface area contributed by atoms with Crippen LogP contribution < -0.4 is 10.6 Å². The van der Waals surface area contributed by atoms with Gasteiger partial charge in [0.25, 0.3) is 0 Å². The van der Waals surface area contributed by atoms with Gasteiger partial charge in [-0.05, 0) is 31.9 Å². The number of guanidine groups is 1. The van der Waals surface area contributed by atoms with Crippen LogP contribution in [0.25, 0.3) is 0 Å². The molecule has 1 heterocycles. The van der Waals surface area contributed by atoms with Gasteiger partial charge in [-0.15, -0.1) is 11.8 Å². The summed E-state index contributed by atoms with van der Waals surface area (Å²) in [6.45, 7) is 7.21. The molecule has 5 nitrogen and oxygen atoms in total. The fourth-order valence-electron chi connectivity index (χ4n) is 2.54. The molecule has 0 aliphatic carbocycles. The molecule has 0 spiro atoms. The minimum atomic E-state index is 0.591. The quantitative estimate of drug-likeness (QED) is 0.289. The van der Waals surface area contributed by atoms with Gasteiger partial charge in [-0.25, -0.2) is 0 Å². The Morgan fingerprint density at radius 2 is 2.08 bits per heavy atom. The maximum Gasteiger partial charge on any atom is 0.191 e. The monoisotopic (exact) mass is 365 g/mol. The highest BCUT2D eigenvalue weighted by molar-refractivity contribution is 7.99. The first-order valence-corrected chi connectivity index (χ1v) is 10.1. The molecule has 140 valence electrons. The normalized spacial score (nSPS) is 17.7. The Bertz CT molecular complexity index is 502. The molecule has 25 heavy (non-hydrogen) atoms. The Kier molecular flexibility index (Phi) is 9.77. The molecule has 0 radical (unpaired) electrons. The summed E-state index contributed by atoms with van der Waals surface area (Å²) in [5.41, 5.74) is 1.30. The van der Waals surface area contributed by atoms with E-state index in [9.17, 15) is 0 Å². The number of nitrogens with zero attached hydrogens (tertiary/aromatic N) is 1. The highest BCUT2D eigenvalue weighted by atomic mass is 32.2. The van der Waals surface area contributed by atoms with Gasteiger partial charge in [0.05, 0.1) is 13.2 Å². The Balaban J connectivity index is 1.46. The van der Waals surface area contributed by atoms with Crippen LogP contribution in [0.15, 0.2) is 34.2 Å². The fraction of sp³-hybridized carbons (Fsp3) is 0.632. The van der Waals surface area contributed by atoms with E-state index in [2.05, 4.69) is 46.8 Å². The lowest BCUT2D eigenvalue weighted by molar-refractivity contribution is 0.0888. The summed E-state index contributed by atoms with van der Waals surface area (Å²) in [6, 6.07) is 8.64. The van der Waals surface area contributed by atoms with Gasteiger partial charge in [0.15, 0.2) is 5.96 Å². The molecule has 0 amide bonds. The predicted octanol–water partition coefficient (Wildman–Crippen LogP) is 2.70. The predicted molar refractivity (Wildman–Crippen MR) is 106 cm³/mol. The van der Waals surface area contributed by atoms with Crippen LogP contribution in [0, 0.1) is 12.8 Å². The number of hydrogen-bond donors (Lipinski definition) is 2. The second-order valence-corrected chi connectivity index (χ2v) is 7.41. The van der Waals surface area contributed by atoms with Crippen molar-refractivity contribution in [1.82, 2.24) is 10.6 Å². The zero-order valence-electron chi connectivity index (χ0n) is 15.4. The minimum Gasteiger partial charge on any atom is -0.381 e. The van der Waals surface area contributed by atoms with Crippen molar-refractivity contribution < 1.29 is 9.47 Å². The maximum absolute atomic E-state index is 5.71. The zero-order chi connectivity index (χ0) is 17.7. The summed E-state index contributed by atoms with van der Waals surface area (Å²) in [5.74, 6) is 2.46. The molecular weight excluding hydrogens is 334 g/mol. The average Bonchev–Trinajstić information content (AvgIpc) is 3.14. The van der Waals surface area contributed by atoms with Crippen LogP contribution in [0.3, 0.4) is 0 Å². The van der Waals surface area contributed by atoms with E-state index in [1.807, 2.05) is 11.8 Å². The largest absolute Gasteiger partial charge is 0.381 e. The lowest BCUT2D eigenvalue weighted by Crippen LogP contribution is -2.39. The van der Waals surface area contributed by atoms with Crippen LogP contribution in [0.5, 0.6) is 0 Å². The SMILES string of the molecule is CN=C(NCCCOCC1CCOC1)NCCSc1ccc(C)cc1. The number of rotatable bonds is 10. The Morgan fingerprint density at radius 1 is 1.28 bits per heavy atom. The number of hydrogen-bond acceptors (Lipinski definition) is 4. The molecule has 6 heteroatoms. The molecule has 2 N–H and O–H groups in total. The van der Waals surface area contributed by atoms with Crippen molar-refractivity contribution in [3.63, 3.8) is 0 Å². The van der Waals surface area contributed by atoms with Crippen LogP contribution >= 0.6 is 11.8 Å². The molecule has 1 unspecified atom stereocenters. The van der Waals surface area contributed by atoms with E-state index in [0.717, 1.165) is 64.1 Å². The van der Waals surface area contributed by atoms with Gasteiger partial charge in [0.2, 0.25) is 0 Å². The molecule has 1 aliphatic heterocycles. The standard InChI is InChI=1S/C19H31N3O2S/c1-16-4-6-18(7-5-16)25-13-10-22-19(20-2)21-9-3-11-23-14-17-8-12-24-15-17/h4-7,17H,3,8-15H2,1-2H3,(H2,20,21,22). The summed E-state index contributed by atoms with van der Waals surface area (Å²) >= 11 is 1.85. The molecule has 1 aromatic carbocycles. The van der Waals surface area contributed by atoms with Crippen molar-refractivity contribution in [2.75, 3.05) is 52.3 Å². The first kappa shape index (κ1) is 20.1. The Hall–Kier alpha value is -1.24. The molecule has 0 saturated carbocycles. The van der Waals surface area contributed by atoms with E-state index in [1.54, 1.807) is 7.05 Å². The Labute approximate surface area is 156 Å². The smallest absolute Gasteiger partial charge is 0.191 e. The summed E-state index contributed by atoms with van der Waals surface area (Å²) in [4.78, 5) is 5.56. The second-order valence-electron chi connectivity index (χ2n) is 6.25. The lowest BCUT2D eigenvalue weighted by Gasteiger charge is -2.12. The topological polar surface area (TPSA) is 54.9 Å². The molecular formula is C19H31N3O2S. The number of thioether (sulfide) groups is 1. The van der Waals surface area contributed by atoms with Crippen LogP contribution in [0.4, 0.5) is 0 Å². The molecule has 1 aromatic rings. The molecule has 1 aliphatic rings. The van der Waals surface area contributed by atoms with Crippen LogP contribution in [-0.2, 0) is 9.47 Å². The third kappa shape index (κ3) is 8.61. The maximum atomic E-state index is 5.71. The van der Waals surface area contributed by atoms with Gasteiger partial charge in [0.1, 0.15) is 0 Å². The fourth-order valence-corrected chi connectivity index (χ4v) is 3.31. The third-order valence-corrected chi connectivity index (χ3v) is 5.06. The molecule has 0 bridgehead atoms.